The third-order valence-corrected chi connectivity index (χ3v) is 3.69. The minimum atomic E-state index is -0.608. The van der Waals surface area contributed by atoms with Crippen molar-refractivity contribution in [2.75, 3.05) is 53.9 Å². The first-order chi connectivity index (χ1) is 9.75. The van der Waals surface area contributed by atoms with Gasteiger partial charge in [-0.15, -0.1) is 0 Å². The summed E-state index contributed by atoms with van der Waals surface area (Å²) in [5.41, 5.74) is -0.608. The standard InChI is InChI=1S/C16H35N3O2/c1-8-21-15(20)16(4,17-5)9-10-19(13-14(2)3)12-11-18(6)7/h14,17H,8-13H2,1-7H3. The van der Waals surface area contributed by atoms with E-state index in [9.17, 15) is 4.79 Å². The molecule has 0 aromatic heterocycles. The summed E-state index contributed by atoms with van der Waals surface area (Å²) in [7, 11) is 6.00. The number of esters is 1. The average molecular weight is 301 g/mol. The summed E-state index contributed by atoms with van der Waals surface area (Å²) in [6.07, 6.45) is 0.752. The minimum Gasteiger partial charge on any atom is -0.465 e. The van der Waals surface area contributed by atoms with Gasteiger partial charge in [0.25, 0.3) is 0 Å². The molecule has 1 unspecified atom stereocenters. The van der Waals surface area contributed by atoms with E-state index >= 15 is 0 Å². The van der Waals surface area contributed by atoms with Crippen LogP contribution in [0.4, 0.5) is 0 Å². The summed E-state index contributed by atoms with van der Waals surface area (Å²) in [6.45, 7) is 12.6. The van der Waals surface area contributed by atoms with Gasteiger partial charge in [-0.05, 0) is 47.3 Å². The van der Waals surface area contributed by atoms with Crippen LogP contribution < -0.4 is 5.32 Å². The fourth-order valence-electron chi connectivity index (χ4n) is 2.15. The Kier molecular flexibility index (Phi) is 9.83. The molecule has 0 bridgehead atoms. The molecule has 1 N–H and O–H groups in total. The summed E-state index contributed by atoms with van der Waals surface area (Å²) >= 11 is 0. The van der Waals surface area contributed by atoms with Crippen molar-refractivity contribution >= 4 is 5.97 Å². The number of carbonyl (C=O) groups is 1. The first kappa shape index (κ1) is 20.3. The molecular weight excluding hydrogens is 266 g/mol. The lowest BCUT2D eigenvalue weighted by molar-refractivity contribution is -0.150. The van der Waals surface area contributed by atoms with Crippen LogP contribution in [0.5, 0.6) is 0 Å². The molecule has 5 heteroatoms. The molecule has 0 saturated carbocycles. The maximum absolute atomic E-state index is 12.1. The van der Waals surface area contributed by atoms with Crippen LogP contribution in [-0.4, -0.2) is 75.2 Å². The van der Waals surface area contributed by atoms with Crippen molar-refractivity contribution in [1.29, 1.82) is 0 Å². The van der Waals surface area contributed by atoms with Gasteiger partial charge in [-0.25, -0.2) is 0 Å². The van der Waals surface area contributed by atoms with Gasteiger partial charge in [0.15, 0.2) is 0 Å². The molecule has 0 heterocycles. The molecule has 5 nitrogen and oxygen atoms in total. The molecule has 0 aromatic rings. The molecule has 0 aromatic carbocycles. The van der Waals surface area contributed by atoms with E-state index in [1.807, 2.05) is 20.9 Å². The number of hydrogen-bond donors (Lipinski definition) is 1. The third kappa shape index (κ3) is 8.39. The second kappa shape index (κ2) is 10.1. The number of carbonyl (C=O) groups excluding carboxylic acids is 1. The van der Waals surface area contributed by atoms with Crippen molar-refractivity contribution in [3.63, 3.8) is 0 Å². The number of hydrogen-bond acceptors (Lipinski definition) is 5. The number of nitrogens with one attached hydrogen (secondary N) is 1. The van der Waals surface area contributed by atoms with Gasteiger partial charge in [-0.2, -0.15) is 0 Å². The number of nitrogens with zero attached hydrogens (tertiary/aromatic N) is 2. The van der Waals surface area contributed by atoms with E-state index in [2.05, 4.69) is 43.1 Å². The Labute approximate surface area is 131 Å². The van der Waals surface area contributed by atoms with Crippen LogP contribution >= 0.6 is 0 Å². The van der Waals surface area contributed by atoms with Gasteiger partial charge < -0.3 is 19.9 Å². The number of rotatable bonds is 11. The van der Waals surface area contributed by atoms with Gasteiger partial charge in [0, 0.05) is 26.2 Å². The number of ether oxygens (including phenoxy) is 1. The van der Waals surface area contributed by atoms with Crippen LogP contribution in [0.15, 0.2) is 0 Å². The van der Waals surface area contributed by atoms with E-state index in [-0.39, 0.29) is 5.97 Å². The quantitative estimate of drug-likeness (QED) is 0.585. The maximum atomic E-state index is 12.1. The van der Waals surface area contributed by atoms with E-state index in [1.54, 1.807) is 0 Å². The average Bonchev–Trinajstić information content (AvgIpc) is 2.41. The molecule has 0 amide bonds. The molecule has 0 fully saturated rings. The molecule has 0 rings (SSSR count). The predicted octanol–water partition coefficient (Wildman–Crippen LogP) is 1.44. The Bertz CT molecular complexity index is 295. The molecule has 21 heavy (non-hydrogen) atoms. The molecule has 0 aliphatic rings. The fraction of sp³-hybridized carbons (Fsp3) is 0.938. The zero-order valence-corrected chi connectivity index (χ0v) is 15.0. The Hall–Kier alpha value is -0.650. The summed E-state index contributed by atoms with van der Waals surface area (Å²) in [6, 6.07) is 0. The van der Waals surface area contributed by atoms with Gasteiger partial charge >= 0.3 is 5.97 Å². The summed E-state index contributed by atoms with van der Waals surface area (Å²) in [5, 5.41) is 3.12. The van der Waals surface area contributed by atoms with Crippen LogP contribution in [0.25, 0.3) is 0 Å². The summed E-state index contributed by atoms with van der Waals surface area (Å²) in [4.78, 5) is 16.7. The SMILES string of the molecule is CCOC(=O)C(C)(CCN(CCN(C)C)CC(C)C)NC. The highest BCUT2D eigenvalue weighted by Gasteiger charge is 2.33. The first-order valence-corrected chi connectivity index (χ1v) is 7.98. The highest BCUT2D eigenvalue weighted by atomic mass is 16.5. The van der Waals surface area contributed by atoms with E-state index in [4.69, 9.17) is 4.74 Å². The Morgan fingerprint density at radius 1 is 1.24 bits per heavy atom. The zero-order chi connectivity index (χ0) is 16.5. The topological polar surface area (TPSA) is 44.8 Å². The van der Waals surface area contributed by atoms with Crippen LogP contribution in [0.2, 0.25) is 0 Å². The van der Waals surface area contributed by atoms with E-state index in [0.717, 1.165) is 32.6 Å². The first-order valence-electron chi connectivity index (χ1n) is 7.98. The monoisotopic (exact) mass is 301 g/mol. The molecule has 0 aliphatic heterocycles. The molecule has 126 valence electrons. The maximum Gasteiger partial charge on any atom is 0.326 e. The third-order valence-electron chi connectivity index (χ3n) is 3.69. The highest BCUT2D eigenvalue weighted by Crippen LogP contribution is 2.13. The normalized spacial score (nSPS) is 14.8. The lowest BCUT2D eigenvalue weighted by Gasteiger charge is -2.31. The molecule has 0 aliphatic carbocycles. The highest BCUT2D eigenvalue weighted by molar-refractivity contribution is 5.80. The van der Waals surface area contributed by atoms with E-state index in [1.165, 1.54) is 0 Å². The van der Waals surface area contributed by atoms with Crippen LogP contribution in [0.1, 0.15) is 34.1 Å². The van der Waals surface area contributed by atoms with Crippen molar-refractivity contribution in [1.82, 2.24) is 15.1 Å². The Balaban J connectivity index is 4.56. The van der Waals surface area contributed by atoms with E-state index < -0.39 is 5.54 Å². The predicted molar refractivity (Wildman–Crippen MR) is 88.5 cm³/mol. The molecule has 1 atom stereocenters. The Morgan fingerprint density at radius 3 is 2.29 bits per heavy atom. The van der Waals surface area contributed by atoms with Crippen molar-refractivity contribution in [2.24, 2.45) is 5.92 Å². The summed E-state index contributed by atoms with van der Waals surface area (Å²) in [5.74, 6) is 0.459. The second-order valence-corrected chi connectivity index (χ2v) is 6.55. The molecule has 0 radical (unpaired) electrons. The Morgan fingerprint density at radius 2 is 1.86 bits per heavy atom. The van der Waals surface area contributed by atoms with Crippen LogP contribution in [0.3, 0.4) is 0 Å². The van der Waals surface area contributed by atoms with Gasteiger partial charge in [0.2, 0.25) is 0 Å². The molecule has 0 saturated heterocycles. The lowest BCUT2D eigenvalue weighted by Crippen LogP contribution is -2.51. The van der Waals surface area contributed by atoms with Gasteiger partial charge in [-0.1, -0.05) is 13.8 Å². The van der Waals surface area contributed by atoms with E-state index in [0.29, 0.717) is 12.5 Å². The second-order valence-electron chi connectivity index (χ2n) is 6.55. The number of likely N-dealkylation sites (N-methyl/N-ethyl adjacent to an activating group) is 2. The van der Waals surface area contributed by atoms with Gasteiger partial charge in [-0.3, -0.25) is 4.79 Å². The van der Waals surface area contributed by atoms with Crippen molar-refractivity contribution in [3.05, 3.63) is 0 Å². The van der Waals surface area contributed by atoms with Crippen molar-refractivity contribution in [2.45, 2.75) is 39.7 Å². The van der Waals surface area contributed by atoms with Gasteiger partial charge in [0.1, 0.15) is 5.54 Å². The molecule has 0 spiro atoms. The van der Waals surface area contributed by atoms with Crippen LogP contribution in [0, 0.1) is 5.92 Å². The summed E-state index contributed by atoms with van der Waals surface area (Å²) < 4.78 is 5.18. The van der Waals surface area contributed by atoms with Crippen molar-refractivity contribution in [3.8, 4) is 0 Å². The zero-order valence-electron chi connectivity index (χ0n) is 15.0. The minimum absolute atomic E-state index is 0.162. The van der Waals surface area contributed by atoms with Gasteiger partial charge in [0.05, 0.1) is 6.61 Å². The largest absolute Gasteiger partial charge is 0.465 e. The molecular formula is C16H35N3O2. The lowest BCUT2D eigenvalue weighted by atomic mass is 9.97. The fourth-order valence-corrected chi connectivity index (χ4v) is 2.15. The van der Waals surface area contributed by atoms with Crippen molar-refractivity contribution < 1.29 is 9.53 Å². The smallest absolute Gasteiger partial charge is 0.326 e. The van der Waals surface area contributed by atoms with Crippen LogP contribution in [-0.2, 0) is 9.53 Å².